The van der Waals surface area contributed by atoms with Gasteiger partial charge in [-0.25, -0.2) is 4.98 Å². The van der Waals surface area contributed by atoms with Gasteiger partial charge in [-0.2, -0.15) is 0 Å². The normalized spacial score (nSPS) is 19.5. The molecular formula is C21H30N4O5. The number of likely N-dealkylation sites (tertiary alicyclic amines) is 1. The van der Waals surface area contributed by atoms with E-state index in [4.69, 9.17) is 9.47 Å². The van der Waals surface area contributed by atoms with E-state index in [-0.39, 0.29) is 41.9 Å². The SMILES string of the molecule is CCOC(=O)C1CCN(C(=O)CCN(C[C@@H]2CCCO2)C(=O)c2cnccn2)CC1. The van der Waals surface area contributed by atoms with Crippen molar-refractivity contribution in [1.29, 1.82) is 0 Å². The molecule has 1 atom stereocenters. The summed E-state index contributed by atoms with van der Waals surface area (Å²) in [6.07, 6.45) is 7.76. The molecule has 2 amide bonds. The molecule has 2 saturated heterocycles. The highest BCUT2D eigenvalue weighted by atomic mass is 16.5. The molecule has 2 aliphatic heterocycles. The third-order valence-electron chi connectivity index (χ3n) is 5.58. The van der Waals surface area contributed by atoms with Gasteiger partial charge in [0.2, 0.25) is 5.91 Å². The molecule has 0 aromatic carbocycles. The Morgan fingerprint density at radius 3 is 2.67 bits per heavy atom. The Kier molecular flexibility index (Phi) is 8.12. The fourth-order valence-corrected chi connectivity index (χ4v) is 3.89. The summed E-state index contributed by atoms with van der Waals surface area (Å²) in [5.41, 5.74) is 0.262. The molecule has 0 radical (unpaired) electrons. The van der Waals surface area contributed by atoms with Gasteiger partial charge in [0, 0.05) is 51.6 Å². The standard InChI is InChI=1S/C21H30N4O5/c1-2-29-21(28)16-5-10-24(11-6-16)19(26)7-12-25(15-17-4-3-13-30-17)20(27)18-14-22-8-9-23-18/h8-9,14,16-17H,2-7,10-13,15H2,1H3/t17-/m0/s1. The van der Waals surface area contributed by atoms with Crippen LogP contribution in [0.25, 0.3) is 0 Å². The first-order valence-corrected chi connectivity index (χ1v) is 10.7. The molecule has 1 aromatic rings. The molecule has 2 aliphatic rings. The van der Waals surface area contributed by atoms with Gasteiger partial charge >= 0.3 is 5.97 Å². The van der Waals surface area contributed by atoms with E-state index in [1.54, 1.807) is 16.7 Å². The van der Waals surface area contributed by atoms with Crippen LogP contribution in [0.3, 0.4) is 0 Å². The first kappa shape index (κ1) is 22.1. The summed E-state index contributed by atoms with van der Waals surface area (Å²) in [6, 6.07) is 0. The van der Waals surface area contributed by atoms with Crippen LogP contribution < -0.4 is 0 Å². The van der Waals surface area contributed by atoms with Crippen molar-refractivity contribution in [1.82, 2.24) is 19.8 Å². The summed E-state index contributed by atoms with van der Waals surface area (Å²) in [6.45, 7) is 4.67. The van der Waals surface area contributed by atoms with Crippen molar-refractivity contribution in [2.75, 3.05) is 39.4 Å². The molecule has 2 fully saturated rings. The van der Waals surface area contributed by atoms with Crippen LogP contribution in [0.4, 0.5) is 0 Å². The average molecular weight is 418 g/mol. The molecule has 164 valence electrons. The van der Waals surface area contributed by atoms with E-state index in [1.807, 2.05) is 0 Å². The molecule has 1 aromatic heterocycles. The van der Waals surface area contributed by atoms with Crippen LogP contribution in [0.1, 0.15) is 49.5 Å². The Labute approximate surface area is 176 Å². The van der Waals surface area contributed by atoms with E-state index in [2.05, 4.69) is 9.97 Å². The van der Waals surface area contributed by atoms with E-state index in [0.717, 1.165) is 12.8 Å². The number of amides is 2. The summed E-state index contributed by atoms with van der Waals surface area (Å²) in [4.78, 5) is 49.0. The van der Waals surface area contributed by atoms with Crippen molar-refractivity contribution < 1.29 is 23.9 Å². The van der Waals surface area contributed by atoms with Gasteiger partial charge in [0.15, 0.2) is 0 Å². The van der Waals surface area contributed by atoms with Gasteiger partial charge in [-0.15, -0.1) is 0 Å². The van der Waals surface area contributed by atoms with Crippen molar-refractivity contribution in [3.8, 4) is 0 Å². The Balaban J connectivity index is 1.53. The molecule has 0 bridgehead atoms. The Hall–Kier alpha value is -2.55. The lowest BCUT2D eigenvalue weighted by Gasteiger charge is -2.32. The van der Waals surface area contributed by atoms with Crippen molar-refractivity contribution in [2.45, 2.75) is 45.1 Å². The third-order valence-corrected chi connectivity index (χ3v) is 5.58. The minimum absolute atomic E-state index is 0.0124. The summed E-state index contributed by atoms with van der Waals surface area (Å²) in [5.74, 6) is -0.570. The zero-order chi connectivity index (χ0) is 21.3. The smallest absolute Gasteiger partial charge is 0.309 e. The van der Waals surface area contributed by atoms with Gasteiger partial charge in [0.05, 0.1) is 24.8 Å². The van der Waals surface area contributed by atoms with E-state index >= 15 is 0 Å². The topological polar surface area (TPSA) is 102 Å². The number of esters is 1. The summed E-state index contributed by atoms with van der Waals surface area (Å²) in [5, 5.41) is 0. The van der Waals surface area contributed by atoms with E-state index in [0.29, 0.717) is 52.2 Å². The molecule has 0 spiro atoms. The van der Waals surface area contributed by atoms with Crippen molar-refractivity contribution >= 4 is 17.8 Å². The zero-order valence-corrected chi connectivity index (χ0v) is 17.5. The van der Waals surface area contributed by atoms with Crippen LogP contribution in [-0.4, -0.2) is 83.0 Å². The van der Waals surface area contributed by atoms with Gasteiger partial charge in [0.1, 0.15) is 5.69 Å². The number of hydrogen-bond donors (Lipinski definition) is 0. The first-order chi connectivity index (χ1) is 14.6. The van der Waals surface area contributed by atoms with Crippen LogP contribution in [0.2, 0.25) is 0 Å². The summed E-state index contributed by atoms with van der Waals surface area (Å²) >= 11 is 0. The lowest BCUT2D eigenvalue weighted by Crippen LogP contribution is -2.43. The Bertz CT molecular complexity index is 715. The van der Waals surface area contributed by atoms with Crippen molar-refractivity contribution in [2.24, 2.45) is 5.92 Å². The van der Waals surface area contributed by atoms with Crippen LogP contribution in [-0.2, 0) is 19.1 Å². The number of aromatic nitrogens is 2. The van der Waals surface area contributed by atoms with Gasteiger partial charge < -0.3 is 19.3 Å². The Morgan fingerprint density at radius 2 is 2.03 bits per heavy atom. The lowest BCUT2D eigenvalue weighted by atomic mass is 9.97. The Morgan fingerprint density at radius 1 is 1.23 bits per heavy atom. The first-order valence-electron chi connectivity index (χ1n) is 10.7. The number of rotatable bonds is 8. The average Bonchev–Trinajstić information content (AvgIpc) is 3.30. The van der Waals surface area contributed by atoms with E-state index in [9.17, 15) is 14.4 Å². The summed E-state index contributed by atoms with van der Waals surface area (Å²) in [7, 11) is 0. The molecular weight excluding hydrogens is 388 g/mol. The molecule has 0 unspecified atom stereocenters. The number of hydrogen-bond acceptors (Lipinski definition) is 7. The molecule has 3 rings (SSSR count). The minimum Gasteiger partial charge on any atom is -0.466 e. The number of nitrogens with zero attached hydrogens (tertiary/aromatic N) is 4. The van der Waals surface area contributed by atoms with Crippen molar-refractivity contribution in [3.63, 3.8) is 0 Å². The number of carbonyl (C=O) groups excluding carboxylic acids is 3. The van der Waals surface area contributed by atoms with Crippen LogP contribution in [0.5, 0.6) is 0 Å². The molecule has 30 heavy (non-hydrogen) atoms. The largest absolute Gasteiger partial charge is 0.466 e. The molecule has 9 nitrogen and oxygen atoms in total. The fourth-order valence-electron chi connectivity index (χ4n) is 3.89. The fraction of sp³-hybridized carbons (Fsp3) is 0.667. The maximum absolute atomic E-state index is 12.9. The second-order valence-electron chi connectivity index (χ2n) is 7.63. The van der Waals surface area contributed by atoms with Gasteiger partial charge in [-0.3, -0.25) is 19.4 Å². The van der Waals surface area contributed by atoms with Crippen LogP contribution >= 0.6 is 0 Å². The molecule has 0 aliphatic carbocycles. The van der Waals surface area contributed by atoms with Gasteiger partial charge in [-0.1, -0.05) is 0 Å². The van der Waals surface area contributed by atoms with E-state index < -0.39 is 0 Å². The maximum Gasteiger partial charge on any atom is 0.309 e. The van der Waals surface area contributed by atoms with Gasteiger partial charge in [0.25, 0.3) is 5.91 Å². The molecule has 0 N–H and O–H groups in total. The highest BCUT2D eigenvalue weighted by Crippen LogP contribution is 2.20. The van der Waals surface area contributed by atoms with Crippen molar-refractivity contribution in [3.05, 3.63) is 24.3 Å². The quantitative estimate of drug-likeness (QED) is 0.586. The predicted molar refractivity (Wildman–Crippen MR) is 107 cm³/mol. The molecule has 9 heteroatoms. The second-order valence-corrected chi connectivity index (χ2v) is 7.63. The number of carbonyl (C=O) groups is 3. The number of ether oxygens (including phenoxy) is 2. The second kappa shape index (κ2) is 11.0. The number of piperidine rings is 1. The summed E-state index contributed by atoms with van der Waals surface area (Å²) < 4.78 is 10.8. The minimum atomic E-state index is -0.243. The zero-order valence-electron chi connectivity index (χ0n) is 17.5. The highest BCUT2D eigenvalue weighted by Gasteiger charge is 2.29. The lowest BCUT2D eigenvalue weighted by molar-refractivity contribution is -0.151. The predicted octanol–water partition coefficient (Wildman–Crippen LogP) is 1.29. The van der Waals surface area contributed by atoms with Crippen LogP contribution in [0.15, 0.2) is 18.6 Å². The van der Waals surface area contributed by atoms with E-state index in [1.165, 1.54) is 18.6 Å². The molecule has 0 saturated carbocycles. The highest BCUT2D eigenvalue weighted by molar-refractivity contribution is 5.92. The third kappa shape index (κ3) is 5.98. The molecule has 3 heterocycles. The monoisotopic (exact) mass is 418 g/mol. The van der Waals surface area contributed by atoms with Crippen LogP contribution in [0, 0.1) is 5.92 Å². The van der Waals surface area contributed by atoms with Gasteiger partial charge in [-0.05, 0) is 32.6 Å². The maximum atomic E-state index is 12.9.